The Kier molecular flexibility index (Phi) is 6.31. The molecule has 4 nitrogen and oxygen atoms in total. The van der Waals surface area contributed by atoms with Crippen LogP contribution in [0.5, 0.6) is 5.75 Å². The molecule has 23 heavy (non-hydrogen) atoms. The molecular weight excluding hydrogens is 290 g/mol. The van der Waals surface area contributed by atoms with E-state index in [9.17, 15) is 5.11 Å². The molecule has 128 valence electrons. The number of rotatable bonds is 7. The van der Waals surface area contributed by atoms with Crippen molar-refractivity contribution in [3.63, 3.8) is 0 Å². The van der Waals surface area contributed by atoms with Gasteiger partial charge in [-0.05, 0) is 61.8 Å². The molecule has 2 unspecified atom stereocenters. The van der Waals surface area contributed by atoms with Gasteiger partial charge in [0.15, 0.2) is 0 Å². The van der Waals surface area contributed by atoms with E-state index in [0.29, 0.717) is 18.4 Å². The average molecular weight is 319 g/mol. The molecule has 0 radical (unpaired) electrons. The van der Waals surface area contributed by atoms with E-state index in [4.69, 9.17) is 9.47 Å². The smallest absolute Gasteiger partial charge is 0.119 e. The number of aliphatic hydroxyl groups excluding tert-OH is 1. The van der Waals surface area contributed by atoms with Gasteiger partial charge in [0.2, 0.25) is 0 Å². The van der Waals surface area contributed by atoms with E-state index in [-0.39, 0.29) is 0 Å². The van der Waals surface area contributed by atoms with Crippen molar-refractivity contribution >= 4 is 0 Å². The molecule has 2 aliphatic rings. The van der Waals surface area contributed by atoms with Crippen molar-refractivity contribution in [2.24, 2.45) is 11.8 Å². The fourth-order valence-corrected chi connectivity index (χ4v) is 3.59. The minimum Gasteiger partial charge on any atom is -0.494 e. The van der Waals surface area contributed by atoms with E-state index in [1.807, 2.05) is 6.07 Å². The molecule has 2 fully saturated rings. The van der Waals surface area contributed by atoms with Crippen molar-refractivity contribution < 1.29 is 14.6 Å². The summed E-state index contributed by atoms with van der Waals surface area (Å²) in [4.78, 5) is 2.44. The van der Waals surface area contributed by atoms with Gasteiger partial charge in [0, 0.05) is 32.9 Å². The molecule has 0 amide bonds. The van der Waals surface area contributed by atoms with Crippen LogP contribution in [0.3, 0.4) is 0 Å². The molecular formula is C19H29NO3. The van der Waals surface area contributed by atoms with E-state index < -0.39 is 0 Å². The summed E-state index contributed by atoms with van der Waals surface area (Å²) in [7, 11) is 0. The Hall–Kier alpha value is -1.10. The Morgan fingerprint density at radius 1 is 1.26 bits per heavy atom. The highest BCUT2D eigenvalue weighted by Gasteiger charge is 2.19. The molecule has 2 atom stereocenters. The number of benzene rings is 1. The number of hydrogen-bond donors (Lipinski definition) is 1. The molecule has 0 saturated carbocycles. The van der Waals surface area contributed by atoms with Crippen molar-refractivity contribution in [2.75, 3.05) is 39.5 Å². The lowest BCUT2D eigenvalue weighted by atomic mass is 9.98. The molecule has 3 rings (SSSR count). The highest BCUT2D eigenvalue weighted by molar-refractivity contribution is 5.28. The van der Waals surface area contributed by atoms with Crippen molar-refractivity contribution in [3.8, 4) is 5.75 Å². The van der Waals surface area contributed by atoms with E-state index in [0.717, 1.165) is 58.0 Å². The third kappa shape index (κ3) is 5.20. The van der Waals surface area contributed by atoms with Gasteiger partial charge in [-0.15, -0.1) is 0 Å². The van der Waals surface area contributed by atoms with Crippen LogP contribution in [0, 0.1) is 11.8 Å². The summed E-state index contributed by atoms with van der Waals surface area (Å²) >= 11 is 0. The molecule has 4 heteroatoms. The summed E-state index contributed by atoms with van der Waals surface area (Å²) in [5, 5.41) is 9.35. The molecule has 0 bridgehead atoms. The maximum absolute atomic E-state index is 9.35. The van der Waals surface area contributed by atoms with Crippen LogP contribution < -0.4 is 4.74 Å². The quantitative estimate of drug-likeness (QED) is 0.839. The number of piperidine rings is 1. The topological polar surface area (TPSA) is 41.9 Å². The van der Waals surface area contributed by atoms with Crippen molar-refractivity contribution in [2.45, 2.75) is 32.2 Å². The minimum absolute atomic E-state index is 0.310. The average Bonchev–Trinajstić information content (AvgIpc) is 3.09. The van der Waals surface area contributed by atoms with Gasteiger partial charge in [0.25, 0.3) is 0 Å². The summed E-state index contributed by atoms with van der Waals surface area (Å²) in [6, 6.07) is 8.45. The minimum atomic E-state index is 0.310. The Labute approximate surface area is 139 Å². The lowest BCUT2D eigenvalue weighted by Gasteiger charge is -2.31. The second-order valence-electron chi connectivity index (χ2n) is 6.94. The van der Waals surface area contributed by atoms with Crippen LogP contribution in [0.15, 0.2) is 24.3 Å². The van der Waals surface area contributed by atoms with Gasteiger partial charge < -0.3 is 14.6 Å². The van der Waals surface area contributed by atoms with Crippen molar-refractivity contribution in [3.05, 3.63) is 29.8 Å². The Morgan fingerprint density at radius 3 is 3.04 bits per heavy atom. The Morgan fingerprint density at radius 2 is 2.22 bits per heavy atom. The molecule has 0 aliphatic carbocycles. The van der Waals surface area contributed by atoms with Crippen LogP contribution in [0.1, 0.15) is 31.2 Å². The maximum atomic E-state index is 9.35. The van der Waals surface area contributed by atoms with E-state index in [1.54, 1.807) is 0 Å². The molecule has 0 spiro atoms. The highest BCUT2D eigenvalue weighted by atomic mass is 16.5. The first-order valence-corrected chi connectivity index (χ1v) is 8.96. The van der Waals surface area contributed by atoms with Crippen LogP contribution in [0.2, 0.25) is 0 Å². The summed E-state index contributed by atoms with van der Waals surface area (Å²) in [5.41, 5.74) is 1.30. The highest BCUT2D eigenvalue weighted by Crippen LogP contribution is 2.21. The number of nitrogens with zero attached hydrogens (tertiary/aromatic N) is 1. The summed E-state index contributed by atoms with van der Waals surface area (Å²) in [6.45, 7) is 5.96. The first-order valence-electron chi connectivity index (χ1n) is 8.96. The number of aliphatic hydroxyl groups is 1. The first-order chi connectivity index (χ1) is 11.3. The predicted octanol–water partition coefficient (Wildman–Crippen LogP) is 2.70. The first kappa shape index (κ1) is 16.7. The zero-order valence-corrected chi connectivity index (χ0v) is 14.0. The normalized spacial score (nSPS) is 25.6. The van der Waals surface area contributed by atoms with Gasteiger partial charge in [-0.25, -0.2) is 0 Å². The van der Waals surface area contributed by atoms with Crippen LogP contribution >= 0.6 is 0 Å². The van der Waals surface area contributed by atoms with E-state index in [2.05, 4.69) is 23.1 Å². The maximum Gasteiger partial charge on any atom is 0.119 e. The lowest BCUT2D eigenvalue weighted by molar-refractivity contribution is 0.116. The van der Waals surface area contributed by atoms with Gasteiger partial charge in [-0.2, -0.15) is 0 Å². The summed E-state index contributed by atoms with van der Waals surface area (Å²) in [5.74, 6) is 2.08. The third-order valence-electron chi connectivity index (χ3n) is 4.98. The molecule has 1 N–H and O–H groups in total. The van der Waals surface area contributed by atoms with Crippen LogP contribution in [-0.2, 0) is 11.3 Å². The Bertz CT molecular complexity index is 473. The van der Waals surface area contributed by atoms with Gasteiger partial charge in [0.05, 0.1) is 6.61 Å². The standard InChI is InChI=1S/C19H29NO3/c21-14-18-4-2-8-20(13-18)12-17-3-1-5-19(11-17)23-10-7-16-6-9-22-15-16/h1,3,5,11,16,18,21H,2,4,6-10,12-15H2. The second kappa shape index (κ2) is 8.67. The third-order valence-corrected chi connectivity index (χ3v) is 4.98. The molecule has 1 aromatic rings. The van der Waals surface area contributed by atoms with Gasteiger partial charge in [0.1, 0.15) is 5.75 Å². The van der Waals surface area contributed by atoms with Gasteiger partial charge in [-0.3, -0.25) is 4.90 Å². The van der Waals surface area contributed by atoms with Crippen LogP contribution in [0.4, 0.5) is 0 Å². The van der Waals surface area contributed by atoms with Crippen LogP contribution in [-0.4, -0.2) is 49.5 Å². The number of ether oxygens (including phenoxy) is 2. The van der Waals surface area contributed by atoms with Crippen molar-refractivity contribution in [1.29, 1.82) is 0 Å². The summed E-state index contributed by atoms with van der Waals surface area (Å²) < 4.78 is 11.3. The second-order valence-corrected chi connectivity index (χ2v) is 6.94. The summed E-state index contributed by atoms with van der Waals surface area (Å²) in [6.07, 6.45) is 4.59. The fraction of sp³-hybridized carbons (Fsp3) is 0.684. The molecule has 1 aromatic carbocycles. The van der Waals surface area contributed by atoms with Crippen molar-refractivity contribution in [1.82, 2.24) is 4.90 Å². The molecule has 0 aromatic heterocycles. The molecule has 2 heterocycles. The van der Waals surface area contributed by atoms with Crippen LogP contribution in [0.25, 0.3) is 0 Å². The number of likely N-dealkylation sites (tertiary alicyclic amines) is 1. The monoisotopic (exact) mass is 319 g/mol. The van der Waals surface area contributed by atoms with E-state index in [1.165, 1.54) is 18.4 Å². The molecule has 2 aliphatic heterocycles. The SMILES string of the molecule is OCC1CCCN(Cc2cccc(OCCC3CCOC3)c2)C1. The fourth-order valence-electron chi connectivity index (χ4n) is 3.59. The number of hydrogen-bond acceptors (Lipinski definition) is 4. The van der Waals surface area contributed by atoms with E-state index >= 15 is 0 Å². The lowest BCUT2D eigenvalue weighted by Crippen LogP contribution is -2.36. The predicted molar refractivity (Wildman–Crippen MR) is 90.6 cm³/mol. The molecule has 2 saturated heterocycles. The zero-order chi connectivity index (χ0) is 15.9. The largest absolute Gasteiger partial charge is 0.494 e. The van der Waals surface area contributed by atoms with Gasteiger partial charge >= 0.3 is 0 Å². The zero-order valence-electron chi connectivity index (χ0n) is 14.0. The van der Waals surface area contributed by atoms with Gasteiger partial charge in [-0.1, -0.05) is 12.1 Å². The Balaban J connectivity index is 1.46.